The monoisotopic (exact) mass is 488 g/mol. The van der Waals surface area contributed by atoms with Crippen molar-refractivity contribution < 1.29 is 9.47 Å². The lowest BCUT2D eigenvalue weighted by Gasteiger charge is -2.24. The van der Waals surface area contributed by atoms with Crippen molar-refractivity contribution in [2.45, 2.75) is 39.0 Å². The lowest BCUT2D eigenvalue weighted by Crippen LogP contribution is -2.16. The van der Waals surface area contributed by atoms with Crippen LogP contribution < -0.4 is 4.74 Å². The van der Waals surface area contributed by atoms with Crippen LogP contribution in [0.15, 0.2) is 66.4 Å². The van der Waals surface area contributed by atoms with Gasteiger partial charge in [0.2, 0.25) is 0 Å². The highest BCUT2D eigenvalue weighted by molar-refractivity contribution is 14.2. The van der Waals surface area contributed by atoms with Gasteiger partial charge in [-0.05, 0) is 48.2 Å². The molecule has 1 unspecified atom stereocenters. The number of para-hydroxylation sites is 1. The van der Waals surface area contributed by atoms with E-state index in [0.29, 0.717) is 5.92 Å². The van der Waals surface area contributed by atoms with Crippen LogP contribution in [-0.2, 0) is 4.74 Å². The van der Waals surface area contributed by atoms with Gasteiger partial charge in [0.25, 0.3) is 0 Å². The van der Waals surface area contributed by atoms with Crippen molar-refractivity contribution in [3.05, 3.63) is 72.0 Å². The summed E-state index contributed by atoms with van der Waals surface area (Å²) < 4.78 is 14.9. The predicted octanol–water partition coefficient (Wildman–Crippen LogP) is 7.10. The molecule has 0 spiro atoms. The molecule has 3 heteroatoms. The van der Waals surface area contributed by atoms with Gasteiger partial charge >= 0.3 is 0 Å². The average molecular weight is 488 g/mol. The van der Waals surface area contributed by atoms with Crippen molar-refractivity contribution in [3.8, 4) is 11.5 Å². The van der Waals surface area contributed by atoms with E-state index in [1.807, 2.05) is 30.3 Å². The van der Waals surface area contributed by atoms with Gasteiger partial charge in [0.1, 0.15) is 17.3 Å². The van der Waals surface area contributed by atoms with E-state index in [4.69, 9.17) is 9.47 Å². The van der Waals surface area contributed by atoms with Crippen LogP contribution in [0.2, 0.25) is 0 Å². The Bertz CT molecular complexity index is 823. The van der Waals surface area contributed by atoms with Gasteiger partial charge in [0.15, 0.2) is 0 Å². The molecule has 0 aromatic heterocycles. The molecule has 0 bridgehead atoms. The fourth-order valence-electron chi connectivity index (χ4n) is 4.10. The Kier molecular flexibility index (Phi) is 6.84. The first-order valence-corrected chi connectivity index (χ1v) is 13.0. The molecule has 1 heterocycles. The van der Waals surface area contributed by atoms with Crippen LogP contribution in [0, 0.1) is 11.8 Å². The second-order valence-corrected chi connectivity index (χ2v) is 10.7. The van der Waals surface area contributed by atoms with Crippen LogP contribution >= 0.6 is 20.7 Å². The summed E-state index contributed by atoms with van der Waals surface area (Å²) in [4.78, 5) is 0. The number of rotatable bonds is 4. The molecule has 148 valence electrons. The Labute approximate surface area is 178 Å². The number of ether oxygens (including phenoxy) is 2. The second kappa shape index (κ2) is 9.73. The summed E-state index contributed by atoms with van der Waals surface area (Å²) >= 11 is -0.0131. The highest BCUT2D eigenvalue weighted by atomic mass is 127. The van der Waals surface area contributed by atoms with Crippen LogP contribution in [0.1, 0.15) is 44.6 Å². The Morgan fingerprint density at radius 3 is 2.46 bits per heavy atom. The molecule has 28 heavy (non-hydrogen) atoms. The Morgan fingerprint density at radius 1 is 0.893 bits per heavy atom. The molecule has 2 aromatic rings. The maximum atomic E-state index is 6.27. The van der Waals surface area contributed by atoms with Crippen LogP contribution in [-0.4, -0.2) is 14.5 Å². The van der Waals surface area contributed by atoms with E-state index >= 15 is 0 Å². The fraction of sp³-hybridized carbons (Fsp3) is 0.400. The summed E-state index contributed by atoms with van der Waals surface area (Å²) in [5, 5.41) is 0. The van der Waals surface area contributed by atoms with E-state index in [0.717, 1.165) is 24.0 Å². The van der Waals surface area contributed by atoms with Gasteiger partial charge in [-0.3, -0.25) is 0 Å². The zero-order chi connectivity index (χ0) is 19.2. The van der Waals surface area contributed by atoms with E-state index in [-0.39, 0.29) is 20.7 Å². The summed E-state index contributed by atoms with van der Waals surface area (Å²) in [6, 6.07) is 18.6. The maximum absolute atomic E-state index is 6.27. The third-order valence-corrected chi connectivity index (χ3v) is 8.43. The first kappa shape index (κ1) is 19.7. The van der Waals surface area contributed by atoms with Crippen LogP contribution in [0.25, 0.3) is 0 Å². The first-order valence-electron chi connectivity index (χ1n) is 10.4. The molecule has 2 nitrogen and oxygen atoms in total. The van der Waals surface area contributed by atoms with E-state index in [9.17, 15) is 0 Å². The minimum absolute atomic E-state index is 0.0131. The molecule has 0 saturated heterocycles. The van der Waals surface area contributed by atoms with E-state index in [1.54, 1.807) is 0 Å². The molecule has 1 aliphatic carbocycles. The Morgan fingerprint density at radius 2 is 1.64 bits per heavy atom. The molecule has 0 N–H and O–H groups in total. The lowest BCUT2D eigenvalue weighted by atomic mass is 9.87. The SMILES string of the molecule is CC1CCCCC[C@H]1C1=CC(c2ccc(Oc3ccccc3)cc2)=ICCO1. The molecule has 1 fully saturated rings. The van der Waals surface area contributed by atoms with Gasteiger partial charge in [-0.1, -0.05) is 62.9 Å². The maximum Gasteiger partial charge on any atom is 0.127 e. The van der Waals surface area contributed by atoms with Crippen LogP contribution in [0.3, 0.4) is 0 Å². The van der Waals surface area contributed by atoms with Crippen LogP contribution in [0.4, 0.5) is 0 Å². The van der Waals surface area contributed by atoms with Crippen molar-refractivity contribution in [1.29, 1.82) is 0 Å². The standard InChI is InChI=1S/C25H29IO2/c1-19-8-4-2-7-11-23(19)25-18-24(26-16-17-27-25)20-12-14-22(15-13-20)28-21-9-5-3-6-10-21/h3,5-6,9-10,12-15,18-19,23H,2,4,7-8,11,16-17H2,1H3/t19?,23-/m1/s1. The minimum Gasteiger partial charge on any atom is -0.497 e. The molecular weight excluding hydrogens is 459 g/mol. The molecule has 0 radical (unpaired) electrons. The van der Waals surface area contributed by atoms with Gasteiger partial charge in [0.05, 0.1) is 6.61 Å². The average Bonchev–Trinajstić information content (AvgIpc) is 3.10. The van der Waals surface area contributed by atoms with Gasteiger partial charge in [-0.25, -0.2) is 0 Å². The van der Waals surface area contributed by atoms with Crippen molar-refractivity contribution >= 4 is 24.2 Å². The topological polar surface area (TPSA) is 18.5 Å². The fourth-order valence-corrected chi connectivity index (χ4v) is 6.45. The zero-order valence-corrected chi connectivity index (χ0v) is 18.7. The van der Waals surface area contributed by atoms with Crippen molar-refractivity contribution in [1.82, 2.24) is 0 Å². The second-order valence-electron chi connectivity index (χ2n) is 7.73. The third kappa shape index (κ3) is 5.05. The number of hydrogen-bond donors (Lipinski definition) is 0. The lowest BCUT2D eigenvalue weighted by molar-refractivity contribution is 0.168. The molecular formula is C25H29IO2. The van der Waals surface area contributed by atoms with Gasteiger partial charge in [-0.15, -0.1) is 20.7 Å². The van der Waals surface area contributed by atoms with Crippen molar-refractivity contribution in [2.75, 3.05) is 11.0 Å². The normalized spacial score (nSPS) is 23.2. The molecule has 2 atom stereocenters. The van der Waals surface area contributed by atoms with E-state index in [2.05, 4.69) is 37.3 Å². The number of hydrogen-bond acceptors (Lipinski definition) is 2. The smallest absolute Gasteiger partial charge is 0.127 e. The van der Waals surface area contributed by atoms with Crippen LogP contribution in [0.5, 0.6) is 11.5 Å². The molecule has 0 amide bonds. The first-order chi connectivity index (χ1) is 13.8. The summed E-state index contributed by atoms with van der Waals surface area (Å²) in [6.07, 6.45) is 9.10. The van der Waals surface area contributed by atoms with E-state index < -0.39 is 0 Å². The van der Waals surface area contributed by atoms with Gasteiger partial charge < -0.3 is 9.47 Å². The summed E-state index contributed by atoms with van der Waals surface area (Å²) in [5.41, 5.74) is 1.33. The largest absolute Gasteiger partial charge is 0.497 e. The third-order valence-electron chi connectivity index (χ3n) is 5.69. The quantitative estimate of drug-likeness (QED) is 0.260. The minimum atomic E-state index is -0.0131. The van der Waals surface area contributed by atoms with Gasteiger partial charge in [-0.2, -0.15) is 0 Å². The van der Waals surface area contributed by atoms with Crippen molar-refractivity contribution in [2.24, 2.45) is 11.8 Å². The van der Waals surface area contributed by atoms with E-state index in [1.165, 1.54) is 51.4 Å². The zero-order valence-electron chi connectivity index (χ0n) is 16.6. The summed E-state index contributed by atoms with van der Waals surface area (Å²) in [5.74, 6) is 4.35. The summed E-state index contributed by atoms with van der Waals surface area (Å²) in [6.45, 7) is 3.30. The van der Waals surface area contributed by atoms with Crippen molar-refractivity contribution in [3.63, 3.8) is 0 Å². The highest BCUT2D eigenvalue weighted by Crippen LogP contribution is 2.35. The van der Waals surface area contributed by atoms with Gasteiger partial charge in [0, 0.05) is 13.9 Å². The highest BCUT2D eigenvalue weighted by Gasteiger charge is 2.26. The Hall–Kier alpha value is -1.62. The predicted molar refractivity (Wildman–Crippen MR) is 126 cm³/mol. The number of benzene rings is 2. The molecule has 1 aliphatic heterocycles. The number of allylic oxidation sites excluding steroid dienone is 2. The molecule has 4 rings (SSSR count). The summed E-state index contributed by atoms with van der Waals surface area (Å²) in [7, 11) is 0. The number of alkyl halides is 1. The Balaban J connectivity index is 1.52. The molecule has 2 aliphatic rings. The molecule has 1 saturated carbocycles. The molecule has 2 aromatic carbocycles. The number of halogens is 1.